The van der Waals surface area contributed by atoms with Gasteiger partial charge in [-0.2, -0.15) is 22.0 Å². The molecule has 1 amide bonds. The lowest BCUT2D eigenvalue weighted by atomic mass is 10.1. The van der Waals surface area contributed by atoms with Crippen LogP contribution in [-0.2, 0) is 14.6 Å². The second-order valence-electron chi connectivity index (χ2n) is 4.90. The van der Waals surface area contributed by atoms with E-state index < -0.39 is 46.2 Å². The Bertz CT molecular complexity index is 711. The molecular formula is C12H9ClF5NO3S. The Morgan fingerprint density at radius 1 is 1.09 bits per heavy atom. The summed E-state index contributed by atoms with van der Waals surface area (Å²) in [4.78, 5) is 11.2. The van der Waals surface area contributed by atoms with Gasteiger partial charge in [-0.3, -0.25) is 4.79 Å². The molecule has 23 heavy (non-hydrogen) atoms. The van der Waals surface area contributed by atoms with E-state index in [4.69, 9.17) is 11.6 Å². The molecule has 4 nitrogen and oxygen atoms in total. The molecule has 128 valence electrons. The fourth-order valence-corrected chi connectivity index (χ4v) is 3.72. The van der Waals surface area contributed by atoms with Crippen LogP contribution in [0.2, 0.25) is 5.02 Å². The van der Waals surface area contributed by atoms with Gasteiger partial charge in [0.15, 0.2) is 9.84 Å². The van der Waals surface area contributed by atoms with Gasteiger partial charge in [-0.1, -0.05) is 11.6 Å². The summed E-state index contributed by atoms with van der Waals surface area (Å²) in [6.07, 6.45) is -6.02. The van der Waals surface area contributed by atoms with Crippen molar-refractivity contribution in [3.63, 3.8) is 0 Å². The summed E-state index contributed by atoms with van der Waals surface area (Å²) >= 11 is 5.61. The lowest BCUT2D eigenvalue weighted by Gasteiger charge is -2.40. The summed E-state index contributed by atoms with van der Waals surface area (Å²) in [5, 5.41) is -0.962. The number of amides is 1. The molecule has 1 saturated heterocycles. The third kappa shape index (κ3) is 3.14. The van der Waals surface area contributed by atoms with Crippen molar-refractivity contribution in [1.82, 2.24) is 4.90 Å². The van der Waals surface area contributed by atoms with Crippen LogP contribution in [0, 0.1) is 0 Å². The van der Waals surface area contributed by atoms with Crippen molar-refractivity contribution < 1.29 is 35.2 Å². The summed E-state index contributed by atoms with van der Waals surface area (Å²) in [5.74, 6) is -7.99. The average Bonchev–Trinajstić information content (AvgIpc) is 2.35. The monoisotopic (exact) mass is 377 g/mol. The van der Waals surface area contributed by atoms with Gasteiger partial charge in [-0.05, 0) is 24.3 Å². The quantitative estimate of drug-likeness (QED) is 0.761. The minimum atomic E-state index is -6.02. The van der Waals surface area contributed by atoms with Crippen LogP contribution in [0.25, 0.3) is 0 Å². The Kier molecular flexibility index (Phi) is 4.35. The molecule has 0 aromatic heterocycles. The Morgan fingerprint density at radius 3 is 2.00 bits per heavy atom. The van der Waals surface area contributed by atoms with E-state index in [-0.39, 0.29) is 14.8 Å². The van der Waals surface area contributed by atoms with Crippen molar-refractivity contribution in [1.29, 1.82) is 0 Å². The van der Waals surface area contributed by atoms with Crippen molar-refractivity contribution in [3.05, 3.63) is 29.3 Å². The van der Waals surface area contributed by atoms with Crippen molar-refractivity contribution in [2.45, 2.75) is 22.2 Å². The second kappa shape index (κ2) is 5.59. The molecule has 0 radical (unpaired) electrons. The number of sulfone groups is 1. The van der Waals surface area contributed by atoms with E-state index in [1.54, 1.807) is 0 Å². The molecule has 2 rings (SSSR count). The minimum absolute atomic E-state index is 0.151. The SMILES string of the molecule is O=C(N1CC(S(=O)(=O)c2ccc(Cl)cc2)C1)C(F)(F)C(F)(F)F. The standard InChI is InChI=1S/C12H9ClF5NO3S/c13-7-1-3-8(4-2-7)23(21,22)9-5-19(6-9)10(20)11(14,15)12(16,17)18/h1-4,9H,5-6H2. The van der Waals surface area contributed by atoms with Crippen LogP contribution in [0.3, 0.4) is 0 Å². The van der Waals surface area contributed by atoms with E-state index in [0.717, 1.165) is 0 Å². The number of hydrogen-bond donors (Lipinski definition) is 0. The van der Waals surface area contributed by atoms with Gasteiger partial charge in [0, 0.05) is 18.1 Å². The Labute approximate surface area is 132 Å². The highest BCUT2D eigenvalue weighted by Crippen LogP contribution is 2.38. The number of carbonyl (C=O) groups is 1. The summed E-state index contributed by atoms with van der Waals surface area (Å²) in [5.41, 5.74) is 0. The molecule has 1 aromatic carbocycles. The number of halogens is 6. The minimum Gasteiger partial charge on any atom is -0.334 e. The van der Waals surface area contributed by atoms with Crippen molar-refractivity contribution in [2.75, 3.05) is 13.1 Å². The maximum atomic E-state index is 12.9. The third-order valence-electron chi connectivity index (χ3n) is 3.34. The zero-order valence-electron chi connectivity index (χ0n) is 11.1. The molecule has 1 aromatic rings. The predicted octanol–water partition coefficient (Wildman–Crippen LogP) is 2.52. The molecule has 1 aliphatic heterocycles. The summed E-state index contributed by atoms with van der Waals surface area (Å²) in [7, 11) is -3.95. The van der Waals surface area contributed by atoms with Crippen molar-refractivity contribution in [3.8, 4) is 0 Å². The van der Waals surface area contributed by atoms with Gasteiger partial charge in [0.2, 0.25) is 0 Å². The summed E-state index contributed by atoms with van der Waals surface area (Å²) in [6.45, 7) is -1.45. The highest BCUT2D eigenvalue weighted by Gasteiger charge is 2.66. The first-order valence-electron chi connectivity index (χ1n) is 6.11. The lowest BCUT2D eigenvalue weighted by Crippen LogP contribution is -2.63. The fourth-order valence-electron chi connectivity index (χ4n) is 1.94. The Balaban J connectivity index is 2.10. The molecule has 1 heterocycles. The number of benzene rings is 1. The maximum Gasteiger partial charge on any atom is 0.463 e. The first kappa shape index (κ1) is 17.9. The predicted molar refractivity (Wildman–Crippen MR) is 70.0 cm³/mol. The molecular weight excluding hydrogens is 369 g/mol. The van der Waals surface area contributed by atoms with Crippen LogP contribution in [-0.4, -0.2) is 49.7 Å². The van der Waals surface area contributed by atoms with Crippen molar-refractivity contribution in [2.24, 2.45) is 0 Å². The van der Waals surface area contributed by atoms with Crippen LogP contribution in [0.15, 0.2) is 29.2 Å². The number of likely N-dealkylation sites (tertiary alicyclic amines) is 1. The first-order valence-corrected chi connectivity index (χ1v) is 8.03. The smallest absolute Gasteiger partial charge is 0.334 e. The second-order valence-corrected chi connectivity index (χ2v) is 7.57. The molecule has 0 aliphatic carbocycles. The van der Waals surface area contributed by atoms with E-state index in [9.17, 15) is 35.2 Å². The van der Waals surface area contributed by atoms with Gasteiger partial charge < -0.3 is 4.90 Å². The summed E-state index contributed by atoms with van der Waals surface area (Å²) in [6, 6.07) is 4.97. The molecule has 0 unspecified atom stereocenters. The van der Waals surface area contributed by atoms with E-state index >= 15 is 0 Å². The van der Waals surface area contributed by atoms with Gasteiger partial charge in [0.05, 0.1) is 4.90 Å². The van der Waals surface area contributed by atoms with Gasteiger partial charge in [-0.25, -0.2) is 8.42 Å². The van der Waals surface area contributed by atoms with Crippen LogP contribution >= 0.6 is 11.6 Å². The van der Waals surface area contributed by atoms with Crippen LogP contribution in [0.1, 0.15) is 0 Å². The van der Waals surface area contributed by atoms with E-state index in [2.05, 4.69) is 0 Å². The van der Waals surface area contributed by atoms with Gasteiger partial charge in [0.25, 0.3) is 0 Å². The molecule has 1 fully saturated rings. The molecule has 0 spiro atoms. The van der Waals surface area contributed by atoms with Gasteiger partial charge >= 0.3 is 18.0 Å². The van der Waals surface area contributed by atoms with Crippen LogP contribution in [0.5, 0.6) is 0 Å². The zero-order valence-corrected chi connectivity index (χ0v) is 12.7. The highest BCUT2D eigenvalue weighted by molar-refractivity contribution is 7.92. The molecule has 0 saturated carbocycles. The molecule has 0 N–H and O–H groups in total. The van der Waals surface area contributed by atoms with E-state index in [1.165, 1.54) is 24.3 Å². The number of hydrogen-bond acceptors (Lipinski definition) is 3. The molecule has 0 atom stereocenters. The topological polar surface area (TPSA) is 54.5 Å². The number of alkyl halides is 5. The number of rotatable bonds is 3. The average molecular weight is 378 g/mol. The third-order valence-corrected chi connectivity index (χ3v) is 5.70. The molecule has 0 bridgehead atoms. The van der Waals surface area contributed by atoms with E-state index in [1.807, 2.05) is 0 Å². The first-order chi connectivity index (χ1) is 10.4. The van der Waals surface area contributed by atoms with Gasteiger partial charge in [0.1, 0.15) is 5.25 Å². The Morgan fingerprint density at radius 2 is 1.57 bits per heavy atom. The van der Waals surface area contributed by atoms with Crippen LogP contribution in [0.4, 0.5) is 22.0 Å². The highest BCUT2D eigenvalue weighted by atomic mass is 35.5. The summed E-state index contributed by atoms with van der Waals surface area (Å²) < 4.78 is 86.4. The van der Waals surface area contributed by atoms with Gasteiger partial charge in [-0.15, -0.1) is 0 Å². The lowest BCUT2D eigenvalue weighted by molar-refractivity contribution is -0.275. The normalized spacial score (nSPS) is 17.0. The largest absolute Gasteiger partial charge is 0.463 e. The molecule has 1 aliphatic rings. The maximum absolute atomic E-state index is 12.9. The van der Waals surface area contributed by atoms with Crippen LogP contribution < -0.4 is 0 Å². The van der Waals surface area contributed by atoms with E-state index in [0.29, 0.717) is 0 Å². The number of nitrogens with zero attached hydrogens (tertiary/aromatic N) is 1. The Hall–Kier alpha value is -1.42. The molecule has 11 heteroatoms. The number of carbonyl (C=O) groups excluding carboxylic acids is 1. The van der Waals surface area contributed by atoms with Crippen molar-refractivity contribution >= 4 is 27.3 Å². The zero-order chi connectivity index (χ0) is 17.6. The fraction of sp³-hybridized carbons (Fsp3) is 0.417.